The van der Waals surface area contributed by atoms with Gasteiger partial charge in [-0.15, -0.1) is 6.58 Å². The van der Waals surface area contributed by atoms with Crippen LogP contribution in [0.15, 0.2) is 23.8 Å². The number of amides is 1. The molecule has 1 amide bonds. The van der Waals surface area contributed by atoms with Gasteiger partial charge in [0.2, 0.25) is 5.91 Å². The van der Waals surface area contributed by atoms with Gasteiger partial charge in [0.15, 0.2) is 0 Å². The van der Waals surface area contributed by atoms with Crippen molar-refractivity contribution in [2.45, 2.75) is 52.6 Å². The van der Waals surface area contributed by atoms with Crippen molar-refractivity contribution in [3.63, 3.8) is 0 Å². The van der Waals surface area contributed by atoms with Gasteiger partial charge in [-0.2, -0.15) is 0 Å². The summed E-state index contributed by atoms with van der Waals surface area (Å²) in [6, 6.07) is 0. The summed E-state index contributed by atoms with van der Waals surface area (Å²) in [5.41, 5.74) is 1.09. The monoisotopic (exact) mass is 303 g/mol. The fourth-order valence-corrected chi connectivity index (χ4v) is 4.27. The molecule has 2 aliphatic heterocycles. The smallest absolute Gasteiger partial charge is 0.316 e. The molecule has 0 unspecified atom stereocenters. The number of hydrogen-bond donors (Lipinski definition) is 1. The Bertz CT molecular complexity index is 579. The van der Waals surface area contributed by atoms with Crippen molar-refractivity contribution in [1.29, 1.82) is 0 Å². The molecule has 2 heterocycles. The summed E-state index contributed by atoms with van der Waals surface area (Å²) in [5, 5.41) is 2.97. The Morgan fingerprint density at radius 2 is 2.05 bits per heavy atom. The van der Waals surface area contributed by atoms with Gasteiger partial charge in [0.1, 0.15) is 6.10 Å². The fourth-order valence-electron chi connectivity index (χ4n) is 4.27. The van der Waals surface area contributed by atoms with E-state index in [1.54, 1.807) is 6.08 Å². The molecule has 0 bridgehead atoms. The minimum atomic E-state index is -0.642. The molecule has 0 saturated carbocycles. The van der Waals surface area contributed by atoms with E-state index in [0.29, 0.717) is 12.3 Å². The van der Waals surface area contributed by atoms with Gasteiger partial charge in [-0.3, -0.25) is 9.59 Å². The van der Waals surface area contributed by atoms with Crippen LogP contribution in [0, 0.1) is 16.7 Å². The molecule has 3 aliphatic rings. The number of hydrogen-bond acceptors (Lipinski definition) is 3. The molecule has 4 nitrogen and oxygen atoms in total. The predicted octanol–water partition coefficient (Wildman–Crippen LogP) is 2.75. The molecule has 3 rings (SSSR count). The number of rotatable bonds is 2. The zero-order chi connectivity index (χ0) is 16.1. The van der Waals surface area contributed by atoms with Crippen LogP contribution in [-0.4, -0.2) is 24.5 Å². The largest absolute Gasteiger partial charge is 0.461 e. The van der Waals surface area contributed by atoms with Crippen LogP contribution in [0.1, 0.15) is 46.5 Å². The van der Waals surface area contributed by atoms with E-state index < -0.39 is 10.8 Å². The average Bonchev–Trinajstić information content (AvgIpc) is 2.80. The molecule has 0 spiro atoms. The number of cyclic esters (lactones) is 1. The van der Waals surface area contributed by atoms with E-state index >= 15 is 0 Å². The highest BCUT2D eigenvalue weighted by molar-refractivity contribution is 5.97. The Balaban J connectivity index is 2.04. The van der Waals surface area contributed by atoms with E-state index in [4.69, 9.17) is 4.74 Å². The molecule has 1 N–H and O–H groups in total. The van der Waals surface area contributed by atoms with Crippen LogP contribution >= 0.6 is 0 Å². The van der Waals surface area contributed by atoms with Gasteiger partial charge >= 0.3 is 5.97 Å². The minimum absolute atomic E-state index is 0.0264. The summed E-state index contributed by atoms with van der Waals surface area (Å²) in [6.45, 7) is 10.7. The number of nitrogens with one attached hydrogen (secondary N) is 1. The SMILES string of the molecule is C=C[C@]1(C)C[C@H]([C@@]2(C)C3=C(CCNC3=O)CC[C@H]2C)OC1=O. The van der Waals surface area contributed by atoms with Gasteiger partial charge in [-0.25, -0.2) is 0 Å². The van der Waals surface area contributed by atoms with E-state index in [1.807, 2.05) is 6.92 Å². The molecule has 4 atom stereocenters. The highest BCUT2D eigenvalue weighted by Crippen LogP contribution is 2.54. The molecule has 1 saturated heterocycles. The van der Waals surface area contributed by atoms with E-state index in [2.05, 4.69) is 25.7 Å². The minimum Gasteiger partial charge on any atom is -0.461 e. The summed E-state index contributed by atoms with van der Waals surface area (Å²) in [4.78, 5) is 24.8. The predicted molar refractivity (Wildman–Crippen MR) is 84.0 cm³/mol. The standard InChI is InChI=1S/C18H25NO3/c1-5-17(3)10-13(22-16(17)21)18(4)11(2)6-7-12-8-9-19-15(20)14(12)18/h5,11,13H,1,6-10H2,2-4H3,(H,19,20)/t11-,13-,17-,18+/m1/s1. The molecular formula is C18H25NO3. The van der Waals surface area contributed by atoms with Crippen molar-refractivity contribution >= 4 is 11.9 Å². The molecule has 0 aromatic carbocycles. The molecule has 1 fully saturated rings. The molecular weight excluding hydrogens is 278 g/mol. The van der Waals surface area contributed by atoms with Crippen LogP contribution in [-0.2, 0) is 14.3 Å². The second-order valence-electron chi connectivity index (χ2n) is 7.43. The first-order chi connectivity index (χ1) is 10.3. The Morgan fingerprint density at radius 3 is 2.68 bits per heavy atom. The van der Waals surface area contributed by atoms with Crippen LogP contribution in [0.2, 0.25) is 0 Å². The normalized spacial score (nSPS) is 41.8. The van der Waals surface area contributed by atoms with Crippen LogP contribution in [0.5, 0.6) is 0 Å². The fraction of sp³-hybridized carbons (Fsp3) is 0.667. The third kappa shape index (κ3) is 1.96. The summed E-state index contributed by atoms with van der Waals surface area (Å²) < 4.78 is 5.75. The molecule has 4 heteroatoms. The second kappa shape index (κ2) is 4.97. The Kier molecular flexibility index (Phi) is 3.46. The number of ether oxygens (including phenoxy) is 1. The summed E-state index contributed by atoms with van der Waals surface area (Å²) >= 11 is 0. The maximum atomic E-state index is 12.5. The maximum absolute atomic E-state index is 12.5. The van der Waals surface area contributed by atoms with Gasteiger partial charge in [-0.05, 0) is 32.1 Å². The first-order valence-corrected chi connectivity index (χ1v) is 8.18. The lowest BCUT2D eigenvalue weighted by Gasteiger charge is -2.46. The van der Waals surface area contributed by atoms with Gasteiger partial charge in [0.05, 0.1) is 5.41 Å². The molecule has 120 valence electrons. The van der Waals surface area contributed by atoms with Crippen LogP contribution in [0.3, 0.4) is 0 Å². The van der Waals surface area contributed by atoms with E-state index in [0.717, 1.165) is 31.4 Å². The van der Waals surface area contributed by atoms with Crippen molar-refractivity contribution in [3.05, 3.63) is 23.8 Å². The Labute approximate surface area is 132 Å². The highest BCUT2D eigenvalue weighted by atomic mass is 16.6. The maximum Gasteiger partial charge on any atom is 0.316 e. The van der Waals surface area contributed by atoms with Crippen molar-refractivity contribution in [2.75, 3.05) is 6.54 Å². The number of carbonyl (C=O) groups excluding carboxylic acids is 2. The molecule has 1 aliphatic carbocycles. The van der Waals surface area contributed by atoms with E-state index in [-0.39, 0.29) is 18.0 Å². The van der Waals surface area contributed by atoms with Crippen molar-refractivity contribution in [1.82, 2.24) is 5.32 Å². The molecule has 0 aromatic heterocycles. The zero-order valence-corrected chi connectivity index (χ0v) is 13.7. The van der Waals surface area contributed by atoms with Crippen molar-refractivity contribution < 1.29 is 14.3 Å². The van der Waals surface area contributed by atoms with Crippen molar-refractivity contribution in [2.24, 2.45) is 16.7 Å². The lowest BCUT2D eigenvalue weighted by molar-refractivity contribution is -0.151. The highest BCUT2D eigenvalue weighted by Gasteiger charge is 2.56. The lowest BCUT2D eigenvalue weighted by Crippen LogP contribution is -2.49. The van der Waals surface area contributed by atoms with Crippen LogP contribution in [0.4, 0.5) is 0 Å². The van der Waals surface area contributed by atoms with Crippen LogP contribution < -0.4 is 5.32 Å². The zero-order valence-electron chi connectivity index (χ0n) is 13.7. The third-order valence-corrected chi connectivity index (χ3v) is 6.18. The van der Waals surface area contributed by atoms with Gasteiger partial charge in [-0.1, -0.05) is 25.5 Å². The number of esters is 1. The molecule has 0 radical (unpaired) electrons. The summed E-state index contributed by atoms with van der Waals surface area (Å²) in [5.74, 6) is 0.114. The quantitative estimate of drug-likeness (QED) is 0.630. The van der Waals surface area contributed by atoms with Crippen LogP contribution in [0.25, 0.3) is 0 Å². The molecule has 22 heavy (non-hydrogen) atoms. The van der Waals surface area contributed by atoms with Gasteiger partial charge in [0, 0.05) is 24.0 Å². The van der Waals surface area contributed by atoms with Crippen molar-refractivity contribution in [3.8, 4) is 0 Å². The average molecular weight is 303 g/mol. The summed E-state index contributed by atoms with van der Waals surface area (Å²) in [7, 11) is 0. The van der Waals surface area contributed by atoms with E-state index in [1.165, 1.54) is 5.57 Å². The van der Waals surface area contributed by atoms with Gasteiger partial charge in [0.25, 0.3) is 0 Å². The van der Waals surface area contributed by atoms with Gasteiger partial charge < -0.3 is 10.1 Å². The lowest BCUT2D eigenvalue weighted by atomic mass is 9.59. The Morgan fingerprint density at radius 1 is 1.32 bits per heavy atom. The third-order valence-electron chi connectivity index (χ3n) is 6.18. The Hall–Kier alpha value is -1.58. The van der Waals surface area contributed by atoms with E-state index in [9.17, 15) is 9.59 Å². The second-order valence-corrected chi connectivity index (χ2v) is 7.43. The first kappa shape index (κ1) is 15.3. The summed E-state index contributed by atoms with van der Waals surface area (Å²) in [6.07, 6.45) is 4.97. The topological polar surface area (TPSA) is 55.4 Å². The number of carbonyl (C=O) groups is 2. The first-order valence-electron chi connectivity index (χ1n) is 8.18. The molecule has 0 aromatic rings.